The Morgan fingerprint density at radius 1 is 1.26 bits per heavy atom. The third-order valence-electron chi connectivity index (χ3n) is 2.92. The average Bonchev–Trinajstić information content (AvgIpc) is 2.55. The fourth-order valence-corrected chi connectivity index (χ4v) is 1.86. The Labute approximate surface area is 133 Å². The van der Waals surface area contributed by atoms with E-state index in [0.29, 0.717) is 37.9 Å². The van der Waals surface area contributed by atoms with Gasteiger partial charge in [0.2, 0.25) is 11.8 Å². The molecule has 0 spiro atoms. The lowest BCUT2D eigenvalue weighted by molar-refractivity contribution is -0.129. The van der Waals surface area contributed by atoms with Crippen LogP contribution in [0.3, 0.4) is 0 Å². The first-order valence-corrected chi connectivity index (χ1v) is 7.16. The van der Waals surface area contributed by atoms with Crippen LogP contribution in [0.4, 0.5) is 0 Å². The Morgan fingerprint density at radius 2 is 2.04 bits per heavy atom. The number of ether oxygens (including phenoxy) is 3. The molecule has 0 atom stereocenters. The monoisotopic (exact) mass is 321 g/mol. The average molecular weight is 321 g/mol. The van der Waals surface area contributed by atoms with E-state index in [0.717, 1.165) is 5.56 Å². The van der Waals surface area contributed by atoms with Gasteiger partial charge in [-0.1, -0.05) is 0 Å². The molecule has 0 fully saturated rings. The molecule has 1 aliphatic rings. The predicted octanol–water partition coefficient (Wildman–Crippen LogP) is 0.0606. The molecule has 124 valence electrons. The molecule has 0 saturated heterocycles. The normalized spacial score (nSPS) is 12.9. The maximum absolute atomic E-state index is 11.5. The number of benzene rings is 1. The molecule has 0 unspecified atom stereocenters. The Balaban J connectivity index is 1.77. The van der Waals surface area contributed by atoms with E-state index in [9.17, 15) is 9.59 Å². The van der Waals surface area contributed by atoms with E-state index in [4.69, 9.17) is 14.2 Å². The second-order valence-corrected chi connectivity index (χ2v) is 4.72. The summed E-state index contributed by atoms with van der Waals surface area (Å²) in [6.07, 6.45) is 1.18. The van der Waals surface area contributed by atoms with Crippen LogP contribution in [0.5, 0.6) is 11.5 Å². The molecule has 1 aliphatic heterocycles. The van der Waals surface area contributed by atoms with Gasteiger partial charge >= 0.3 is 0 Å². The van der Waals surface area contributed by atoms with Crippen LogP contribution in [0.2, 0.25) is 0 Å². The Morgan fingerprint density at radius 3 is 2.83 bits per heavy atom. The zero-order valence-corrected chi connectivity index (χ0v) is 12.8. The fourth-order valence-electron chi connectivity index (χ4n) is 1.86. The first kappa shape index (κ1) is 16.8. The van der Waals surface area contributed by atoms with Crippen molar-refractivity contribution in [3.8, 4) is 11.5 Å². The highest BCUT2D eigenvalue weighted by atomic mass is 16.6. The van der Waals surface area contributed by atoms with Gasteiger partial charge in [0.25, 0.3) is 0 Å². The Hall–Kier alpha value is -2.61. The van der Waals surface area contributed by atoms with Gasteiger partial charge in [-0.15, -0.1) is 0 Å². The zero-order chi connectivity index (χ0) is 16.5. The van der Waals surface area contributed by atoms with Crippen LogP contribution in [-0.2, 0) is 14.3 Å². The summed E-state index contributed by atoms with van der Waals surface area (Å²) in [7, 11) is 1.53. The molecule has 0 aliphatic carbocycles. The molecule has 2 amide bonds. The maximum atomic E-state index is 11.5. The summed E-state index contributed by atoms with van der Waals surface area (Å²) in [4.78, 5) is 23.0. The van der Waals surface area contributed by atoms with Crippen LogP contribution >= 0.6 is 0 Å². The number of amides is 2. The van der Waals surface area contributed by atoms with Crippen molar-refractivity contribution in [2.45, 2.75) is 6.42 Å². The summed E-state index contributed by atoms with van der Waals surface area (Å²) in [5, 5.41) is 6.36. The summed E-state index contributed by atoms with van der Waals surface area (Å²) in [6.45, 7) is 1.80. The van der Waals surface area contributed by atoms with Gasteiger partial charge in [-0.3, -0.25) is 9.59 Å². The first-order chi connectivity index (χ1) is 11.2. The van der Waals surface area contributed by atoms with Crippen LogP contribution in [0.1, 0.15) is 12.0 Å². The van der Waals surface area contributed by atoms with Crippen molar-refractivity contribution in [3.05, 3.63) is 23.8 Å². The number of nitrogens with zero attached hydrogens (tertiary/aromatic N) is 1. The molecule has 1 heterocycles. The van der Waals surface area contributed by atoms with E-state index >= 15 is 0 Å². The lowest BCUT2D eigenvalue weighted by Crippen LogP contribution is -2.31. The molecule has 23 heavy (non-hydrogen) atoms. The third kappa shape index (κ3) is 5.59. The van der Waals surface area contributed by atoms with Gasteiger partial charge in [0.05, 0.1) is 12.8 Å². The number of methoxy groups -OCH3 is 1. The third-order valence-corrected chi connectivity index (χ3v) is 2.92. The molecular weight excluding hydrogens is 302 g/mol. The van der Waals surface area contributed by atoms with E-state index in [1.165, 1.54) is 13.3 Å². The molecule has 0 saturated carbocycles. The quantitative estimate of drug-likeness (QED) is 0.320. The summed E-state index contributed by atoms with van der Waals surface area (Å²) in [5.41, 5.74) is 3.05. The van der Waals surface area contributed by atoms with Crippen molar-refractivity contribution in [1.29, 1.82) is 0 Å². The van der Waals surface area contributed by atoms with E-state index in [-0.39, 0.29) is 12.3 Å². The maximum Gasteiger partial charge on any atom is 0.249 e. The highest BCUT2D eigenvalue weighted by Gasteiger charge is 2.11. The SMILES string of the molecule is COCCNC(=O)CC(=O)N/N=C\c1ccc2c(c1)OCCO2. The van der Waals surface area contributed by atoms with E-state index in [1.807, 2.05) is 0 Å². The molecule has 8 heteroatoms. The van der Waals surface area contributed by atoms with Gasteiger partial charge in [0.15, 0.2) is 11.5 Å². The molecular formula is C15H19N3O5. The predicted molar refractivity (Wildman–Crippen MR) is 82.7 cm³/mol. The van der Waals surface area contributed by atoms with Gasteiger partial charge in [0, 0.05) is 13.7 Å². The summed E-state index contributed by atoms with van der Waals surface area (Å²) in [5.74, 6) is 0.456. The van der Waals surface area contributed by atoms with E-state index < -0.39 is 5.91 Å². The molecule has 0 aromatic heterocycles. The van der Waals surface area contributed by atoms with Crippen LogP contribution in [0, 0.1) is 0 Å². The molecule has 0 bridgehead atoms. The zero-order valence-electron chi connectivity index (χ0n) is 12.8. The second kappa shape index (κ2) is 8.74. The Bertz CT molecular complexity index is 588. The highest BCUT2D eigenvalue weighted by molar-refractivity contribution is 5.97. The van der Waals surface area contributed by atoms with Gasteiger partial charge in [-0.2, -0.15) is 5.10 Å². The van der Waals surface area contributed by atoms with Crippen LogP contribution < -0.4 is 20.2 Å². The lowest BCUT2D eigenvalue weighted by atomic mass is 10.2. The van der Waals surface area contributed by atoms with Crippen molar-refractivity contribution in [2.75, 3.05) is 33.5 Å². The topological polar surface area (TPSA) is 98.2 Å². The van der Waals surface area contributed by atoms with Crippen molar-refractivity contribution in [1.82, 2.24) is 10.7 Å². The highest BCUT2D eigenvalue weighted by Crippen LogP contribution is 2.30. The molecule has 1 aromatic carbocycles. The number of hydrogen-bond acceptors (Lipinski definition) is 6. The van der Waals surface area contributed by atoms with Gasteiger partial charge in [-0.05, 0) is 23.8 Å². The minimum atomic E-state index is -0.492. The molecule has 0 radical (unpaired) electrons. The molecule has 8 nitrogen and oxygen atoms in total. The number of nitrogens with one attached hydrogen (secondary N) is 2. The minimum absolute atomic E-state index is 0.289. The van der Waals surface area contributed by atoms with Crippen LogP contribution in [-0.4, -0.2) is 51.5 Å². The van der Waals surface area contributed by atoms with Crippen molar-refractivity contribution < 1.29 is 23.8 Å². The standard InChI is InChI=1S/C15H19N3O5/c1-21-5-4-16-14(19)9-15(20)18-17-10-11-2-3-12-13(8-11)23-7-6-22-12/h2-3,8,10H,4-7,9H2,1H3,(H,16,19)(H,18,20)/b17-10-. The van der Waals surface area contributed by atoms with Crippen LogP contribution in [0.25, 0.3) is 0 Å². The van der Waals surface area contributed by atoms with E-state index in [1.54, 1.807) is 18.2 Å². The number of hydrogen-bond donors (Lipinski definition) is 2. The van der Waals surface area contributed by atoms with Crippen LogP contribution in [0.15, 0.2) is 23.3 Å². The van der Waals surface area contributed by atoms with Gasteiger partial charge < -0.3 is 19.5 Å². The number of rotatable bonds is 7. The van der Waals surface area contributed by atoms with Crippen molar-refractivity contribution in [3.63, 3.8) is 0 Å². The second-order valence-electron chi connectivity index (χ2n) is 4.72. The number of carbonyl (C=O) groups excluding carboxylic acids is 2. The molecule has 2 rings (SSSR count). The number of fused-ring (bicyclic) bond motifs is 1. The molecule has 2 N–H and O–H groups in total. The number of carbonyl (C=O) groups is 2. The fraction of sp³-hybridized carbons (Fsp3) is 0.400. The van der Waals surface area contributed by atoms with Gasteiger partial charge in [0.1, 0.15) is 19.6 Å². The molecule has 1 aromatic rings. The number of hydrazone groups is 1. The summed E-state index contributed by atoms with van der Waals surface area (Å²) >= 11 is 0. The smallest absolute Gasteiger partial charge is 0.249 e. The van der Waals surface area contributed by atoms with E-state index in [2.05, 4.69) is 15.8 Å². The summed E-state index contributed by atoms with van der Waals surface area (Å²) in [6, 6.07) is 5.34. The minimum Gasteiger partial charge on any atom is -0.486 e. The lowest BCUT2D eigenvalue weighted by Gasteiger charge is -2.18. The van der Waals surface area contributed by atoms with Crippen molar-refractivity contribution >= 4 is 18.0 Å². The summed E-state index contributed by atoms with van der Waals surface area (Å²) < 4.78 is 15.7. The first-order valence-electron chi connectivity index (χ1n) is 7.16. The van der Waals surface area contributed by atoms with Gasteiger partial charge in [-0.25, -0.2) is 5.43 Å². The largest absolute Gasteiger partial charge is 0.486 e. The Kier molecular flexibility index (Phi) is 6.37. The van der Waals surface area contributed by atoms with Crippen molar-refractivity contribution in [2.24, 2.45) is 5.10 Å².